The van der Waals surface area contributed by atoms with Crippen LogP contribution >= 0.6 is 11.3 Å². The number of nitrogens with zero attached hydrogens (tertiary/aromatic N) is 2. The number of allylic oxidation sites excluding steroid dienone is 1. The third-order valence-corrected chi connectivity index (χ3v) is 5.87. The molecule has 0 spiro atoms. The van der Waals surface area contributed by atoms with Crippen molar-refractivity contribution in [1.29, 1.82) is 5.26 Å². The zero-order chi connectivity index (χ0) is 23.5. The molecular formula is C26H27N3O3S. The number of carbonyl (C=O) groups is 1. The van der Waals surface area contributed by atoms with E-state index in [-0.39, 0.29) is 5.97 Å². The number of benzene rings is 2. The van der Waals surface area contributed by atoms with E-state index in [1.54, 1.807) is 31.5 Å². The maximum absolute atomic E-state index is 12.5. The zero-order valence-corrected chi connectivity index (χ0v) is 19.7. The molecular weight excluding hydrogens is 434 g/mol. The van der Waals surface area contributed by atoms with E-state index in [2.05, 4.69) is 23.3 Å². The third kappa shape index (κ3) is 6.67. The average molecular weight is 462 g/mol. The van der Waals surface area contributed by atoms with Gasteiger partial charge in [-0.05, 0) is 42.8 Å². The van der Waals surface area contributed by atoms with Gasteiger partial charge in [-0.3, -0.25) is 0 Å². The smallest absolute Gasteiger partial charge is 0.340 e. The Balaban J connectivity index is 1.70. The van der Waals surface area contributed by atoms with Gasteiger partial charge >= 0.3 is 5.97 Å². The van der Waals surface area contributed by atoms with Gasteiger partial charge in [0.05, 0.1) is 30.7 Å². The Morgan fingerprint density at radius 3 is 2.67 bits per heavy atom. The summed E-state index contributed by atoms with van der Waals surface area (Å²) in [5.41, 5.74) is 3.11. The van der Waals surface area contributed by atoms with Gasteiger partial charge < -0.3 is 14.8 Å². The van der Waals surface area contributed by atoms with E-state index in [0.717, 1.165) is 42.7 Å². The molecule has 2 aromatic carbocycles. The van der Waals surface area contributed by atoms with Crippen molar-refractivity contribution in [3.8, 4) is 23.1 Å². The summed E-state index contributed by atoms with van der Waals surface area (Å²) in [6.45, 7) is 2.54. The Hall–Kier alpha value is -3.63. The van der Waals surface area contributed by atoms with Crippen LogP contribution in [0.15, 0.2) is 60.1 Å². The van der Waals surface area contributed by atoms with Crippen LogP contribution in [-0.4, -0.2) is 24.7 Å². The number of carbonyl (C=O) groups excluding carboxylic acids is 1. The van der Waals surface area contributed by atoms with Crippen LogP contribution in [0.25, 0.3) is 16.8 Å². The Morgan fingerprint density at radius 1 is 1.15 bits per heavy atom. The van der Waals surface area contributed by atoms with E-state index in [1.807, 2.05) is 35.7 Å². The number of unbranched alkanes of at least 4 members (excludes halogenated alkanes) is 3. The number of rotatable bonds is 11. The predicted octanol–water partition coefficient (Wildman–Crippen LogP) is 6.53. The monoisotopic (exact) mass is 461 g/mol. The zero-order valence-electron chi connectivity index (χ0n) is 18.8. The number of hydrogen-bond donors (Lipinski definition) is 1. The number of hydrogen-bond acceptors (Lipinski definition) is 7. The summed E-state index contributed by atoms with van der Waals surface area (Å²) < 4.78 is 10.6. The fourth-order valence-electron chi connectivity index (χ4n) is 3.14. The quantitative estimate of drug-likeness (QED) is 0.198. The summed E-state index contributed by atoms with van der Waals surface area (Å²) in [6, 6.07) is 16.9. The molecule has 7 heteroatoms. The first-order chi connectivity index (χ1) is 16.2. The largest absolute Gasteiger partial charge is 0.497 e. The van der Waals surface area contributed by atoms with Gasteiger partial charge in [0.2, 0.25) is 0 Å². The van der Waals surface area contributed by atoms with Gasteiger partial charge in [0.25, 0.3) is 0 Å². The van der Waals surface area contributed by atoms with Gasteiger partial charge in [0, 0.05) is 17.1 Å². The molecule has 0 bridgehead atoms. The Morgan fingerprint density at radius 2 is 1.94 bits per heavy atom. The van der Waals surface area contributed by atoms with Crippen molar-refractivity contribution in [2.24, 2.45) is 0 Å². The van der Waals surface area contributed by atoms with Crippen LogP contribution < -0.4 is 10.1 Å². The van der Waals surface area contributed by atoms with E-state index < -0.39 is 0 Å². The Labute approximate surface area is 198 Å². The second-order valence-electron chi connectivity index (χ2n) is 7.32. The minimum atomic E-state index is -0.377. The van der Waals surface area contributed by atoms with Gasteiger partial charge in [-0.25, -0.2) is 9.78 Å². The van der Waals surface area contributed by atoms with Crippen LogP contribution in [0.1, 0.15) is 48.0 Å². The first-order valence-electron chi connectivity index (χ1n) is 10.9. The van der Waals surface area contributed by atoms with Gasteiger partial charge in [-0.2, -0.15) is 5.26 Å². The number of ether oxygens (including phenoxy) is 2. The van der Waals surface area contributed by atoms with E-state index in [9.17, 15) is 10.1 Å². The lowest BCUT2D eigenvalue weighted by Gasteiger charge is -2.09. The fraction of sp³-hybridized carbons (Fsp3) is 0.269. The molecule has 1 aromatic heterocycles. The van der Waals surface area contributed by atoms with Crippen molar-refractivity contribution in [1.82, 2.24) is 4.98 Å². The van der Waals surface area contributed by atoms with Crippen molar-refractivity contribution in [2.45, 2.75) is 32.6 Å². The molecule has 33 heavy (non-hydrogen) atoms. The molecule has 0 aliphatic heterocycles. The van der Waals surface area contributed by atoms with Crippen LogP contribution in [0.3, 0.4) is 0 Å². The molecule has 0 aliphatic rings. The van der Waals surface area contributed by atoms with Crippen LogP contribution in [-0.2, 0) is 4.74 Å². The molecule has 0 radical (unpaired) electrons. The Bertz CT molecular complexity index is 1130. The summed E-state index contributed by atoms with van der Waals surface area (Å²) in [5.74, 6) is 0.395. The highest BCUT2D eigenvalue weighted by molar-refractivity contribution is 7.11. The predicted molar refractivity (Wildman–Crippen MR) is 132 cm³/mol. The highest BCUT2D eigenvalue weighted by atomic mass is 32.1. The summed E-state index contributed by atoms with van der Waals surface area (Å²) in [6.07, 6.45) is 5.74. The number of nitrogens with one attached hydrogen (secondary N) is 1. The van der Waals surface area contributed by atoms with E-state index in [0.29, 0.717) is 28.4 Å². The lowest BCUT2D eigenvalue weighted by molar-refractivity contribution is 0.0499. The lowest BCUT2D eigenvalue weighted by Crippen LogP contribution is -2.09. The van der Waals surface area contributed by atoms with Gasteiger partial charge in [-0.1, -0.05) is 38.3 Å². The minimum Gasteiger partial charge on any atom is -0.497 e. The number of para-hydroxylation sites is 1. The van der Waals surface area contributed by atoms with Crippen LogP contribution in [0.2, 0.25) is 0 Å². The highest BCUT2D eigenvalue weighted by Gasteiger charge is 2.13. The number of methoxy groups -OCH3 is 1. The third-order valence-electron chi connectivity index (χ3n) is 4.99. The molecule has 1 N–H and O–H groups in total. The topological polar surface area (TPSA) is 84.2 Å². The second-order valence-corrected chi connectivity index (χ2v) is 8.18. The molecule has 0 atom stereocenters. The molecule has 0 saturated heterocycles. The van der Waals surface area contributed by atoms with Gasteiger partial charge in [0.15, 0.2) is 0 Å². The van der Waals surface area contributed by atoms with E-state index >= 15 is 0 Å². The molecule has 1 heterocycles. The van der Waals surface area contributed by atoms with Crippen LogP contribution in [0.5, 0.6) is 5.75 Å². The summed E-state index contributed by atoms with van der Waals surface area (Å²) in [4.78, 5) is 17.1. The Kier molecular flexibility index (Phi) is 9.04. The lowest BCUT2D eigenvalue weighted by atomic mass is 10.1. The molecule has 0 unspecified atom stereocenters. The number of anilines is 1. The maximum Gasteiger partial charge on any atom is 0.340 e. The van der Waals surface area contributed by atoms with E-state index in [4.69, 9.17) is 9.47 Å². The molecule has 3 rings (SSSR count). The number of thiazole rings is 1. The van der Waals surface area contributed by atoms with Gasteiger partial charge in [-0.15, -0.1) is 11.3 Å². The number of esters is 1. The molecule has 0 saturated carbocycles. The van der Waals surface area contributed by atoms with Crippen molar-refractivity contribution in [3.05, 3.63) is 70.7 Å². The molecule has 0 aliphatic carbocycles. The minimum absolute atomic E-state index is 0.377. The molecule has 6 nitrogen and oxygen atoms in total. The molecule has 170 valence electrons. The first-order valence-corrected chi connectivity index (χ1v) is 11.8. The summed E-state index contributed by atoms with van der Waals surface area (Å²) in [7, 11) is 1.62. The van der Waals surface area contributed by atoms with Crippen molar-refractivity contribution in [3.63, 3.8) is 0 Å². The molecule has 0 amide bonds. The van der Waals surface area contributed by atoms with E-state index in [1.165, 1.54) is 11.3 Å². The summed E-state index contributed by atoms with van der Waals surface area (Å²) >= 11 is 1.39. The molecule has 0 fully saturated rings. The molecule has 3 aromatic rings. The van der Waals surface area contributed by atoms with Crippen LogP contribution in [0.4, 0.5) is 5.69 Å². The average Bonchev–Trinajstić information content (AvgIpc) is 3.34. The van der Waals surface area contributed by atoms with Crippen molar-refractivity contribution >= 4 is 28.6 Å². The van der Waals surface area contributed by atoms with Crippen molar-refractivity contribution < 1.29 is 14.3 Å². The SMILES string of the molecule is CCCCCCOC(=O)c1ccccc1NC=C(C#N)c1nc(-c2ccc(OC)cc2)cs1. The fourth-order valence-corrected chi connectivity index (χ4v) is 3.94. The van der Waals surface area contributed by atoms with Gasteiger partial charge in [0.1, 0.15) is 22.4 Å². The normalized spacial score (nSPS) is 11.0. The number of nitriles is 1. The first kappa shape index (κ1) is 24.0. The maximum atomic E-state index is 12.5. The van der Waals surface area contributed by atoms with Crippen molar-refractivity contribution in [2.75, 3.05) is 19.0 Å². The number of aromatic nitrogens is 1. The van der Waals surface area contributed by atoms with Crippen LogP contribution in [0, 0.1) is 11.3 Å². The second kappa shape index (κ2) is 12.4. The highest BCUT2D eigenvalue weighted by Crippen LogP contribution is 2.27. The summed E-state index contributed by atoms with van der Waals surface area (Å²) in [5, 5.41) is 15.3. The standard InChI is InChI=1S/C26H27N3O3S/c1-3-4-5-8-15-32-26(30)22-9-6-7-10-23(22)28-17-20(16-27)25-29-24(18-33-25)19-11-13-21(31-2)14-12-19/h6-7,9-14,17-18,28H,3-5,8,15H2,1-2H3.